The highest BCUT2D eigenvalue weighted by atomic mass is 32.1. The Kier molecular flexibility index (Phi) is 3.35. The van der Waals surface area contributed by atoms with Gasteiger partial charge in [0.05, 0.1) is 5.37 Å². The molecule has 0 fully saturated rings. The zero-order valence-electron chi connectivity index (χ0n) is 6.27. The highest BCUT2D eigenvalue weighted by molar-refractivity contribution is 7.80. The van der Waals surface area contributed by atoms with Crippen molar-refractivity contribution < 1.29 is 5.21 Å². The van der Waals surface area contributed by atoms with Gasteiger partial charge in [-0.3, -0.25) is 4.98 Å². The van der Waals surface area contributed by atoms with Crippen molar-refractivity contribution in [3.05, 3.63) is 30.1 Å². The average molecular weight is 179 g/mol. The summed E-state index contributed by atoms with van der Waals surface area (Å²) >= 11 is 4.50. The van der Waals surface area contributed by atoms with E-state index in [0.717, 1.165) is 5.69 Å². The van der Waals surface area contributed by atoms with Crippen molar-refractivity contribution in [3.63, 3.8) is 0 Å². The van der Waals surface area contributed by atoms with E-state index in [4.69, 9.17) is 5.21 Å². The molecular formula is C8H7N2OS. The van der Waals surface area contributed by atoms with Crippen LogP contribution in [0, 0.1) is 0 Å². The lowest BCUT2D eigenvalue weighted by molar-refractivity contribution is 0.319. The van der Waals surface area contributed by atoms with Crippen molar-refractivity contribution in [2.45, 2.75) is 6.42 Å². The Bertz CT molecular complexity index is 284. The largest absolute Gasteiger partial charge is 0.411 e. The number of pyridine rings is 1. The third-order valence-corrected chi connectivity index (χ3v) is 1.55. The molecule has 3 nitrogen and oxygen atoms in total. The molecule has 0 atom stereocenters. The van der Waals surface area contributed by atoms with E-state index < -0.39 is 0 Å². The van der Waals surface area contributed by atoms with E-state index in [1.54, 1.807) is 6.20 Å². The zero-order valence-corrected chi connectivity index (χ0v) is 7.08. The Hall–Kier alpha value is -1.29. The Labute approximate surface area is 75.7 Å². The Morgan fingerprint density at radius 2 is 2.50 bits per heavy atom. The molecule has 0 saturated carbocycles. The number of thiocarbonyl (C=S) groups is 1. The summed E-state index contributed by atoms with van der Waals surface area (Å²) in [4.78, 5) is 4.04. The highest BCUT2D eigenvalue weighted by Gasteiger charge is 1.98. The fourth-order valence-corrected chi connectivity index (χ4v) is 0.879. The summed E-state index contributed by atoms with van der Waals surface area (Å²) in [6, 6.07) is 5.51. The van der Waals surface area contributed by atoms with Crippen molar-refractivity contribution in [2.75, 3.05) is 0 Å². The molecule has 0 aliphatic carbocycles. The van der Waals surface area contributed by atoms with Gasteiger partial charge in [0.2, 0.25) is 0 Å². The molecule has 4 heteroatoms. The summed E-state index contributed by atoms with van der Waals surface area (Å²) in [5, 5.41) is 13.7. The first-order valence-corrected chi connectivity index (χ1v) is 3.76. The van der Waals surface area contributed by atoms with Crippen molar-refractivity contribution in [1.29, 1.82) is 0 Å². The molecular weight excluding hydrogens is 172 g/mol. The van der Waals surface area contributed by atoms with Crippen molar-refractivity contribution in [2.24, 2.45) is 5.16 Å². The van der Waals surface area contributed by atoms with Crippen LogP contribution < -0.4 is 0 Å². The van der Waals surface area contributed by atoms with Crippen LogP contribution in [0.2, 0.25) is 0 Å². The lowest BCUT2D eigenvalue weighted by Gasteiger charge is -1.95. The Morgan fingerprint density at radius 3 is 3.00 bits per heavy atom. The smallest absolute Gasteiger partial charge is 0.105 e. The second-order valence-electron chi connectivity index (χ2n) is 2.15. The summed E-state index contributed by atoms with van der Waals surface area (Å²) in [6.45, 7) is 0. The third kappa shape index (κ3) is 2.39. The maximum absolute atomic E-state index is 8.42. The van der Waals surface area contributed by atoms with Gasteiger partial charge in [-0.25, -0.2) is 0 Å². The SMILES string of the molecule is O/N=C(\[C]=S)Cc1ccccn1. The fraction of sp³-hybridized carbons (Fsp3) is 0.125. The van der Waals surface area contributed by atoms with Crippen LogP contribution >= 0.6 is 12.2 Å². The molecule has 1 aromatic heterocycles. The van der Waals surface area contributed by atoms with E-state index in [-0.39, 0.29) is 0 Å². The van der Waals surface area contributed by atoms with E-state index in [9.17, 15) is 0 Å². The van der Waals surface area contributed by atoms with Gasteiger partial charge in [0.15, 0.2) is 0 Å². The van der Waals surface area contributed by atoms with Gasteiger partial charge in [0.1, 0.15) is 5.71 Å². The van der Waals surface area contributed by atoms with Gasteiger partial charge in [0.25, 0.3) is 0 Å². The van der Waals surface area contributed by atoms with Crippen molar-refractivity contribution in [3.8, 4) is 0 Å². The molecule has 0 spiro atoms. The van der Waals surface area contributed by atoms with Gasteiger partial charge < -0.3 is 5.21 Å². The minimum absolute atomic E-state index is 0.323. The molecule has 1 aromatic rings. The summed E-state index contributed by atoms with van der Waals surface area (Å²) in [5.74, 6) is 0. The molecule has 0 bridgehead atoms. The molecule has 12 heavy (non-hydrogen) atoms. The normalized spacial score (nSPS) is 11.2. The van der Waals surface area contributed by atoms with Crippen LogP contribution in [0.25, 0.3) is 0 Å². The molecule has 0 aliphatic rings. The molecule has 0 aliphatic heterocycles. The summed E-state index contributed by atoms with van der Waals surface area (Å²) < 4.78 is 0. The molecule has 61 valence electrons. The molecule has 0 amide bonds. The Morgan fingerprint density at radius 1 is 1.67 bits per heavy atom. The van der Waals surface area contributed by atoms with Gasteiger partial charge in [0, 0.05) is 18.3 Å². The Balaban J connectivity index is 2.70. The zero-order chi connectivity index (χ0) is 8.81. The van der Waals surface area contributed by atoms with E-state index in [2.05, 4.69) is 27.7 Å². The molecule has 1 N–H and O–H groups in total. The first-order chi connectivity index (χ1) is 5.86. The molecule has 0 saturated heterocycles. The summed E-state index contributed by atoms with van der Waals surface area (Å²) in [7, 11) is 0. The number of aromatic nitrogens is 1. The highest BCUT2D eigenvalue weighted by Crippen LogP contribution is 1.95. The lowest BCUT2D eigenvalue weighted by Crippen LogP contribution is -2.04. The van der Waals surface area contributed by atoms with Gasteiger partial charge >= 0.3 is 0 Å². The van der Waals surface area contributed by atoms with Gasteiger partial charge in [-0.2, -0.15) is 0 Å². The molecule has 1 rings (SSSR count). The summed E-state index contributed by atoms with van der Waals surface area (Å²) in [5.41, 5.74) is 1.13. The van der Waals surface area contributed by atoms with E-state index in [1.807, 2.05) is 18.2 Å². The molecule has 0 aromatic carbocycles. The number of oxime groups is 1. The monoisotopic (exact) mass is 179 g/mol. The second-order valence-corrected chi connectivity index (χ2v) is 2.35. The van der Waals surface area contributed by atoms with E-state index in [1.165, 1.54) is 0 Å². The van der Waals surface area contributed by atoms with Gasteiger partial charge in [-0.05, 0) is 12.1 Å². The number of nitrogens with zero attached hydrogens (tertiary/aromatic N) is 2. The van der Waals surface area contributed by atoms with Crippen LogP contribution in [-0.4, -0.2) is 21.3 Å². The predicted octanol–water partition coefficient (Wildman–Crippen LogP) is 1.33. The second kappa shape index (κ2) is 4.56. The average Bonchev–Trinajstić information content (AvgIpc) is 2.16. The standard InChI is InChI=1S/C8H7N2OS/c11-10-8(6-12)5-7-3-1-2-4-9-7/h1-4,11H,5H2/b10-8-. The van der Waals surface area contributed by atoms with Gasteiger partial charge in [-0.15, -0.1) is 0 Å². The maximum Gasteiger partial charge on any atom is 0.105 e. The first kappa shape index (κ1) is 8.80. The number of rotatable bonds is 3. The van der Waals surface area contributed by atoms with Crippen molar-refractivity contribution in [1.82, 2.24) is 4.98 Å². The topological polar surface area (TPSA) is 45.5 Å². The number of hydrogen-bond donors (Lipinski definition) is 1. The van der Waals surface area contributed by atoms with Crippen LogP contribution in [0.3, 0.4) is 0 Å². The van der Waals surface area contributed by atoms with Crippen molar-refractivity contribution >= 4 is 23.3 Å². The third-order valence-electron chi connectivity index (χ3n) is 1.31. The lowest BCUT2D eigenvalue weighted by atomic mass is 10.2. The fourth-order valence-electron chi connectivity index (χ4n) is 0.766. The molecule has 1 radical (unpaired) electrons. The van der Waals surface area contributed by atoms with Crippen LogP contribution in [0.5, 0.6) is 0 Å². The molecule has 1 heterocycles. The molecule has 0 unspecified atom stereocenters. The van der Waals surface area contributed by atoms with Crippen LogP contribution in [-0.2, 0) is 6.42 Å². The quantitative estimate of drug-likeness (QED) is 0.329. The minimum Gasteiger partial charge on any atom is -0.411 e. The van der Waals surface area contributed by atoms with E-state index >= 15 is 0 Å². The van der Waals surface area contributed by atoms with Crippen LogP contribution in [0.1, 0.15) is 5.69 Å². The van der Waals surface area contributed by atoms with Crippen LogP contribution in [0.4, 0.5) is 0 Å². The number of hydrogen-bond acceptors (Lipinski definition) is 4. The predicted molar refractivity (Wildman–Crippen MR) is 49.8 cm³/mol. The summed E-state index contributed by atoms with van der Waals surface area (Å²) in [6.07, 6.45) is 2.09. The van der Waals surface area contributed by atoms with E-state index in [0.29, 0.717) is 12.1 Å². The maximum atomic E-state index is 8.42. The van der Waals surface area contributed by atoms with Crippen LogP contribution in [0.15, 0.2) is 29.6 Å². The minimum atomic E-state index is 0.323. The first-order valence-electron chi connectivity index (χ1n) is 3.36. The van der Waals surface area contributed by atoms with Gasteiger partial charge in [-0.1, -0.05) is 23.4 Å².